The van der Waals surface area contributed by atoms with Gasteiger partial charge in [0.2, 0.25) is 0 Å². The first-order valence-electron chi connectivity index (χ1n) is 7.26. The van der Waals surface area contributed by atoms with Crippen LogP contribution in [0.4, 0.5) is 0 Å². The fraction of sp³-hybridized carbons (Fsp3) is 0. The second-order valence-corrected chi connectivity index (χ2v) is 5.27. The number of hydrogen-bond acceptors (Lipinski definition) is 4. The first-order valence-corrected chi connectivity index (χ1v) is 7.26. The molecule has 2 aromatic heterocycles. The van der Waals surface area contributed by atoms with E-state index in [9.17, 15) is 0 Å². The van der Waals surface area contributed by atoms with Crippen LogP contribution in [0.3, 0.4) is 0 Å². The van der Waals surface area contributed by atoms with Crippen LogP contribution in [0.25, 0.3) is 22.5 Å². The lowest BCUT2D eigenvalue weighted by Crippen LogP contribution is -2.11. The molecule has 0 aliphatic carbocycles. The number of nitrogens with two attached hydrogens (primary N) is 2. The Morgan fingerprint density at radius 1 is 0.640 bits per heavy atom. The molecule has 25 heavy (non-hydrogen) atoms. The summed E-state index contributed by atoms with van der Waals surface area (Å²) in [5.41, 5.74) is 15.6. The third-order valence-electron chi connectivity index (χ3n) is 3.63. The summed E-state index contributed by atoms with van der Waals surface area (Å²) in [5.74, 6) is 0.0430. The van der Waals surface area contributed by atoms with Gasteiger partial charge in [-0.15, -0.1) is 12.4 Å². The summed E-state index contributed by atoms with van der Waals surface area (Å²) in [5, 5.41) is 14.8. The van der Waals surface area contributed by atoms with Crippen LogP contribution in [0, 0.1) is 10.8 Å². The lowest BCUT2D eigenvalue weighted by molar-refractivity contribution is 1.26. The van der Waals surface area contributed by atoms with Crippen molar-refractivity contribution in [2.24, 2.45) is 11.5 Å². The summed E-state index contributed by atoms with van der Waals surface area (Å²) in [6, 6.07) is 14.8. The van der Waals surface area contributed by atoms with Crippen LogP contribution in [0.1, 0.15) is 11.1 Å². The fourth-order valence-electron chi connectivity index (χ4n) is 2.26. The minimum Gasteiger partial charge on any atom is -0.384 e. The quantitative estimate of drug-likeness (QED) is 0.425. The Balaban J connectivity index is 0.00000225. The van der Waals surface area contributed by atoms with E-state index in [4.69, 9.17) is 22.3 Å². The maximum Gasteiger partial charge on any atom is 0.124 e. The number of amidine groups is 2. The molecule has 0 spiro atoms. The number of aromatic nitrogens is 2. The molecule has 7 heteroatoms. The van der Waals surface area contributed by atoms with Gasteiger partial charge in [0.05, 0.1) is 11.4 Å². The van der Waals surface area contributed by atoms with E-state index in [1.165, 1.54) is 0 Å². The first kappa shape index (κ1) is 18.1. The summed E-state index contributed by atoms with van der Waals surface area (Å²) in [6.07, 6.45) is 3.33. The van der Waals surface area contributed by atoms with Crippen molar-refractivity contribution < 1.29 is 0 Å². The number of benzene rings is 1. The molecule has 0 unspecified atom stereocenters. The zero-order valence-electron chi connectivity index (χ0n) is 13.2. The maximum absolute atomic E-state index is 7.41. The Labute approximate surface area is 151 Å². The second kappa shape index (κ2) is 7.55. The molecule has 3 aromatic rings. The third-order valence-corrected chi connectivity index (χ3v) is 3.63. The maximum atomic E-state index is 7.41. The molecule has 1 aromatic carbocycles. The molecule has 0 aliphatic heterocycles. The highest BCUT2D eigenvalue weighted by atomic mass is 35.5. The van der Waals surface area contributed by atoms with Crippen LogP contribution >= 0.6 is 12.4 Å². The standard InChI is InChI=1S/C18H16N6.ClH/c19-17(20)12-3-1-11(2-4-12)15-7-5-13(9-23-15)16-8-6-14(10-24-16)18(21)22;/h1-10H,(H3,19,20)(H3,21,22);1H. The molecule has 0 amide bonds. The normalized spacial score (nSPS) is 9.92. The molecule has 0 atom stereocenters. The highest BCUT2D eigenvalue weighted by Gasteiger charge is 2.05. The molecule has 0 fully saturated rings. The van der Waals surface area contributed by atoms with Gasteiger partial charge in [0.15, 0.2) is 0 Å². The number of halogens is 1. The lowest BCUT2D eigenvalue weighted by Gasteiger charge is -2.05. The van der Waals surface area contributed by atoms with Crippen molar-refractivity contribution in [2.45, 2.75) is 0 Å². The molecule has 2 heterocycles. The van der Waals surface area contributed by atoms with E-state index in [-0.39, 0.29) is 24.1 Å². The smallest absolute Gasteiger partial charge is 0.124 e. The largest absolute Gasteiger partial charge is 0.384 e. The van der Waals surface area contributed by atoms with Gasteiger partial charge < -0.3 is 11.5 Å². The third kappa shape index (κ3) is 3.99. The number of hydrogen-bond donors (Lipinski definition) is 4. The summed E-state index contributed by atoms with van der Waals surface area (Å²) in [6.45, 7) is 0. The monoisotopic (exact) mass is 352 g/mol. The van der Waals surface area contributed by atoms with Gasteiger partial charge in [-0.1, -0.05) is 24.3 Å². The van der Waals surface area contributed by atoms with E-state index in [0.717, 1.165) is 22.5 Å². The first-order chi connectivity index (χ1) is 11.5. The Morgan fingerprint density at radius 2 is 1.12 bits per heavy atom. The van der Waals surface area contributed by atoms with Crippen LogP contribution in [-0.4, -0.2) is 21.6 Å². The van der Waals surface area contributed by atoms with E-state index in [1.54, 1.807) is 30.6 Å². The van der Waals surface area contributed by atoms with Crippen molar-refractivity contribution in [2.75, 3.05) is 0 Å². The molecule has 6 nitrogen and oxygen atoms in total. The summed E-state index contributed by atoms with van der Waals surface area (Å²) in [7, 11) is 0. The molecular weight excluding hydrogens is 336 g/mol. The zero-order valence-corrected chi connectivity index (χ0v) is 14.0. The van der Waals surface area contributed by atoms with Gasteiger partial charge >= 0.3 is 0 Å². The van der Waals surface area contributed by atoms with Crippen molar-refractivity contribution >= 4 is 24.1 Å². The molecule has 0 bridgehead atoms. The van der Waals surface area contributed by atoms with E-state index in [0.29, 0.717) is 11.1 Å². The molecule has 126 valence electrons. The summed E-state index contributed by atoms with van der Waals surface area (Å²) >= 11 is 0. The number of nitrogens with one attached hydrogen (secondary N) is 2. The lowest BCUT2D eigenvalue weighted by atomic mass is 10.1. The predicted molar refractivity (Wildman–Crippen MR) is 102 cm³/mol. The van der Waals surface area contributed by atoms with Gasteiger partial charge in [-0.2, -0.15) is 0 Å². The minimum atomic E-state index is -0.00321. The molecule has 6 N–H and O–H groups in total. The number of pyridine rings is 2. The van der Waals surface area contributed by atoms with Crippen molar-refractivity contribution in [1.29, 1.82) is 10.8 Å². The van der Waals surface area contributed by atoms with Crippen LogP contribution in [-0.2, 0) is 0 Å². The Morgan fingerprint density at radius 3 is 1.60 bits per heavy atom. The van der Waals surface area contributed by atoms with Crippen molar-refractivity contribution in [3.8, 4) is 22.5 Å². The minimum absolute atomic E-state index is 0. The molecule has 0 radical (unpaired) electrons. The van der Waals surface area contributed by atoms with Gasteiger partial charge in [0, 0.05) is 34.6 Å². The highest BCUT2D eigenvalue weighted by Crippen LogP contribution is 2.21. The summed E-state index contributed by atoms with van der Waals surface area (Å²) in [4.78, 5) is 8.77. The second-order valence-electron chi connectivity index (χ2n) is 5.27. The SMILES string of the molecule is Cl.N=C(N)c1ccc(-c2ccc(-c3ccc(C(=N)N)cn3)cn2)cc1. The van der Waals surface area contributed by atoms with Crippen LogP contribution < -0.4 is 11.5 Å². The average Bonchev–Trinajstić information content (AvgIpc) is 2.62. The van der Waals surface area contributed by atoms with Gasteiger partial charge in [-0.25, -0.2) is 0 Å². The van der Waals surface area contributed by atoms with E-state index < -0.39 is 0 Å². The number of nitrogens with zero attached hydrogens (tertiary/aromatic N) is 2. The predicted octanol–water partition coefficient (Wildman–Crippen LogP) is 2.80. The Hall–Kier alpha value is -3.25. The fourth-order valence-corrected chi connectivity index (χ4v) is 2.26. The van der Waals surface area contributed by atoms with Crippen LogP contribution in [0.15, 0.2) is 60.9 Å². The Kier molecular flexibility index (Phi) is 5.46. The van der Waals surface area contributed by atoms with Crippen molar-refractivity contribution in [3.63, 3.8) is 0 Å². The Bertz CT molecular complexity index is 810. The topological polar surface area (TPSA) is 126 Å². The van der Waals surface area contributed by atoms with Crippen molar-refractivity contribution in [1.82, 2.24) is 9.97 Å². The van der Waals surface area contributed by atoms with E-state index in [2.05, 4.69) is 9.97 Å². The zero-order chi connectivity index (χ0) is 17.1. The number of rotatable bonds is 4. The van der Waals surface area contributed by atoms with Crippen molar-refractivity contribution in [3.05, 3.63) is 72.1 Å². The highest BCUT2D eigenvalue weighted by molar-refractivity contribution is 5.95. The number of nitrogen functional groups attached to an aromatic ring is 2. The van der Waals surface area contributed by atoms with Crippen LogP contribution in [0.2, 0.25) is 0 Å². The molecule has 0 saturated carbocycles. The summed E-state index contributed by atoms with van der Waals surface area (Å²) < 4.78 is 0. The van der Waals surface area contributed by atoms with Gasteiger partial charge in [-0.05, 0) is 24.3 Å². The van der Waals surface area contributed by atoms with Gasteiger partial charge in [0.1, 0.15) is 11.7 Å². The molecular formula is C18H17ClN6. The molecule has 3 rings (SSSR count). The van der Waals surface area contributed by atoms with Crippen LogP contribution in [0.5, 0.6) is 0 Å². The van der Waals surface area contributed by atoms with Gasteiger partial charge in [-0.3, -0.25) is 20.8 Å². The molecule has 0 aliphatic rings. The average molecular weight is 353 g/mol. The van der Waals surface area contributed by atoms with E-state index in [1.807, 2.05) is 30.3 Å². The van der Waals surface area contributed by atoms with E-state index >= 15 is 0 Å². The molecule has 0 saturated heterocycles. The van der Waals surface area contributed by atoms with Gasteiger partial charge in [0.25, 0.3) is 0 Å².